The third-order valence-corrected chi connectivity index (χ3v) is 4.35. The van der Waals surface area contributed by atoms with Crippen molar-refractivity contribution in [3.63, 3.8) is 0 Å². The van der Waals surface area contributed by atoms with Crippen molar-refractivity contribution < 1.29 is 23.8 Å². The molecule has 24 heavy (non-hydrogen) atoms. The summed E-state index contributed by atoms with van der Waals surface area (Å²) in [6.07, 6.45) is 4.22. The third kappa shape index (κ3) is 5.83. The highest BCUT2D eigenvalue weighted by Crippen LogP contribution is 2.29. The van der Waals surface area contributed by atoms with Crippen LogP contribution in [0.5, 0.6) is 5.75 Å². The average molecular weight is 337 g/mol. The van der Waals surface area contributed by atoms with Crippen LogP contribution in [0.2, 0.25) is 0 Å². The number of benzene rings is 1. The van der Waals surface area contributed by atoms with Gasteiger partial charge in [-0.1, -0.05) is 6.42 Å². The first kappa shape index (κ1) is 18.2. The molecule has 0 heterocycles. The number of unbranched alkanes of at least 4 members (excludes halogenated alkanes) is 1. The molecule has 0 aromatic heterocycles. The Morgan fingerprint density at radius 2 is 1.88 bits per heavy atom. The maximum Gasteiger partial charge on any atom is 0.306 e. The second-order valence-electron chi connectivity index (χ2n) is 6.20. The number of hydrogen-bond donors (Lipinski definition) is 2. The standard InChI is InChI=1S/C18H24FNO4/c19-15-6-8-16(9-7-15)24-11-2-1-10-20-17(21)13-4-3-5-14(12-13)18(22)23/h6-9,13-14H,1-5,10-12H2,(H,20,21)(H,22,23). The molecular formula is C18H24FNO4. The van der Waals surface area contributed by atoms with E-state index in [1.807, 2.05) is 0 Å². The van der Waals surface area contributed by atoms with E-state index in [1.54, 1.807) is 12.1 Å². The third-order valence-electron chi connectivity index (χ3n) is 4.35. The molecule has 2 rings (SSSR count). The van der Waals surface area contributed by atoms with Gasteiger partial charge in [-0.25, -0.2) is 4.39 Å². The van der Waals surface area contributed by atoms with Crippen molar-refractivity contribution >= 4 is 11.9 Å². The number of nitrogens with one attached hydrogen (secondary N) is 1. The fourth-order valence-corrected chi connectivity index (χ4v) is 2.96. The molecule has 2 N–H and O–H groups in total. The van der Waals surface area contributed by atoms with Crippen LogP contribution in [0.3, 0.4) is 0 Å². The van der Waals surface area contributed by atoms with Crippen LogP contribution < -0.4 is 10.1 Å². The maximum atomic E-state index is 12.7. The summed E-state index contributed by atoms with van der Waals surface area (Å²) in [5.74, 6) is -1.08. The van der Waals surface area contributed by atoms with E-state index >= 15 is 0 Å². The highest BCUT2D eigenvalue weighted by molar-refractivity contribution is 5.80. The van der Waals surface area contributed by atoms with E-state index in [-0.39, 0.29) is 17.6 Å². The molecule has 6 heteroatoms. The van der Waals surface area contributed by atoms with Crippen LogP contribution in [0.25, 0.3) is 0 Å². The lowest BCUT2D eigenvalue weighted by Gasteiger charge is -2.25. The highest BCUT2D eigenvalue weighted by atomic mass is 19.1. The van der Waals surface area contributed by atoms with Crippen molar-refractivity contribution in [2.24, 2.45) is 11.8 Å². The number of amides is 1. The average Bonchev–Trinajstić information content (AvgIpc) is 2.59. The molecule has 0 saturated heterocycles. The molecule has 0 spiro atoms. The van der Waals surface area contributed by atoms with Gasteiger partial charge in [-0.15, -0.1) is 0 Å². The van der Waals surface area contributed by atoms with Crippen molar-refractivity contribution in [1.29, 1.82) is 0 Å². The molecular weight excluding hydrogens is 313 g/mol. The number of aliphatic carboxylic acids is 1. The summed E-state index contributed by atoms with van der Waals surface area (Å²) in [5, 5.41) is 11.9. The quantitative estimate of drug-likeness (QED) is 0.715. The van der Waals surface area contributed by atoms with Gasteiger partial charge in [-0.3, -0.25) is 9.59 Å². The van der Waals surface area contributed by atoms with Crippen LogP contribution in [0.15, 0.2) is 24.3 Å². The van der Waals surface area contributed by atoms with Gasteiger partial charge in [0.1, 0.15) is 11.6 Å². The zero-order valence-corrected chi connectivity index (χ0v) is 13.7. The van der Waals surface area contributed by atoms with Crippen molar-refractivity contribution in [2.45, 2.75) is 38.5 Å². The Balaban J connectivity index is 1.57. The minimum atomic E-state index is -0.801. The molecule has 1 aliphatic rings. The Bertz CT molecular complexity index is 546. The lowest BCUT2D eigenvalue weighted by atomic mass is 9.81. The van der Waals surface area contributed by atoms with Crippen LogP contribution in [-0.4, -0.2) is 30.1 Å². The number of carbonyl (C=O) groups is 2. The summed E-state index contributed by atoms with van der Waals surface area (Å²) in [7, 11) is 0. The fourth-order valence-electron chi connectivity index (χ4n) is 2.96. The van der Waals surface area contributed by atoms with E-state index in [0.29, 0.717) is 31.7 Å². The van der Waals surface area contributed by atoms with Crippen LogP contribution in [-0.2, 0) is 9.59 Å². The van der Waals surface area contributed by atoms with Crippen molar-refractivity contribution in [1.82, 2.24) is 5.32 Å². The van der Waals surface area contributed by atoms with Gasteiger partial charge >= 0.3 is 5.97 Å². The number of ether oxygens (including phenoxy) is 1. The van der Waals surface area contributed by atoms with Crippen molar-refractivity contribution in [2.75, 3.05) is 13.2 Å². The Kier molecular flexibility index (Phi) is 7.03. The minimum absolute atomic E-state index is 0.0413. The lowest BCUT2D eigenvalue weighted by Crippen LogP contribution is -2.35. The first-order valence-corrected chi connectivity index (χ1v) is 8.45. The number of hydrogen-bond acceptors (Lipinski definition) is 3. The molecule has 0 radical (unpaired) electrons. The lowest BCUT2D eigenvalue weighted by molar-refractivity contribution is -0.144. The number of carbonyl (C=O) groups excluding carboxylic acids is 1. The second kappa shape index (κ2) is 9.25. The van der Waals surface area contributed by atoms with E-state index in [9.17, 15) is 14.0 Å². The number of carboxylic acids is 1. The molecule has 0 aliphatic heterocycles. The molecule has 1 amide bonds. The monoisotopic (exact) mass is 337 g/mol. The first-order valence-electron chi connectivity index (χ1n) is 8.45. The predicted molar refractivity (Wildman–Crippen MR) is 87.2 cm³/mol. The molecule has 1 aliphatic carbocycles. The molecule has 2 atom stereocenters. The first-order chi connectivity index (χ1) is 11.6. The van der Waals surface area contributed by atoms with Gasteiger partial charge in [0.25, 0.3) is 0 Å². The zero-order valence-electron chi connectivity index (χ0n) is 13.7. The molecule has 132 valence electrons. The summed E-state index contributed by atoms with van der Waals surface area (Å²) in [5.41, 5.74) is 0. The number of carboxylic acid groups (broad SMARTS) is 1. The number of halogens is 1. The zero-order chi connectivity index (χ0) is 17.4. The van der Waals surface area contributed by atoms with Crippen LogP contribution in [0, 0.1) is 17.7 Å². The van der Waals surface area contributed by atoms with Gasteiger partial charge in [-0.2, -0.15) is 0 Å². The minimum Gasteiger partial charge on any atom is -0.494 e. The molecule has 5 nitrogen and oxygen atoms in total. The maximum absolute atomic E-state index is 12.7. The smallest absolute Gasteiger partial charge is 0.306 e. The van der Waals surface area contributed by atoms with Crippen LogP contribution in [0.1, 0.15) is 38.5 Å². The normalized spacial score (nSPS) is 20.4. The number of rotatable bonds is 8. The SMILES string of the molecule is O=C(O)C1CCCC(C(=O)NCCCCOc2ccc(F)cc2)C1. The Morgan fingerprint density at radius 1 is 1.17 bits per heavy atom. The predicted octanol–water partition coefficient (Wildman–Crippen LogP) is 2.99. The van der Waals surface area contributed by atoms with E-state index < -0.39 is 11.9 Å². The van der Waals surface area contributed by atoms with E-state index in [2.05, 4.69) is 5.32 Å². The topological polar surface area (TPSA) is 75.6 Å². The van der Waals surface area contributed by atoms with Gasteiger partial charge < -0.3 is 15.2 Å². The van der Waals surface area contributed by atoms with E-state index in [4.69, 9.17) is 9.84 Å². The molecule has 1 saturated carbocycles. The summed E-state index contributed by atoms with van der Waals surface area (Å²) in [6.45, 7) is 1.06. The van der Waals surface area contributed by atoms with Gasteiger partial charge in [0, 0.05) is 12.5 Å². The van der Waals surface area contributed by atoms with Gasteiger partial charge in [-0.05, 0) is 56.4 Å². The molecule has 2 unspecified atom stereocenters. The summed E-state index contributed by atoms with van der Waals surface area (Å²) >= 11 is 0. The second-order valence-corrected chi connectivity index (χ2v) is 6.20. The van der Waals surface area contributed by atoms with Crippen molar-refractivity contribution in [3.05, 3.63) is 30.1 Å². The summed E-state index contributed by atoms with van der Waals surface area (Å²) in [6, 6.07) is 5.87. The molecule has 1 aromatic rings. The van der Waals surface area contributed by atoms with Gasteiger partial charge in [0.05, 0.1) is 12.5 Å². The summed E-state index contributed by atoms with van der Waals surface area (Å²) < 4.78 is 18.2. The Labute approximate surface area is 141 Å². The largest absolute Gasteiger partial charge is 0.494 e. The van der Waals surface area contributed by atoms with Crippen LogP contribution in [0.4, 0.5) is 4.39 Å². The Morgan fingerprint density at radius 3 is 2.58 bits per heavy atom. The van der Waals surface area contributed by atoms with Crippen molar-refractivity contribution in [3.8, 4) is 5.75 Å². The van der Waals surface area contributed by atoms with Gasteiger partial charge in [0.2, 0.25) is 5.91 Å². The molecule has 1 aromatic carbocycles. The van der Waals surface area contributed by atoms with E-state index in [0.717, 1.165) is 25.7 Å². The molecule has 0 bridgehead atoms. The highest BCUT2D eigenvalue weighted by Gasteiger charge is 2.30. The van der Waals surface area contributed by atoms with Crippen LogP contribution >= 0.6 is 0 Å². The fraction of sp³-hybridized carbons (Fsp3) is 0.556. The Hall–Kier alpha value is -2.11. The summed E-state index contributed by atoms with van der Waals surface area (Å²) in [4.78, 5) is 23.1. The van der Waals surface area contributed by atoms with Gasteiger partial charge in [0.15, 0.2) is 0 Å². The van der Waals surface area contributed by atoms with E-state index in [1.165, 1.54) is 12.1 Å². The molecule has 1 fully saturated rings.